The normalized spacial score (nSPS) is 13.5. The van der Waals surface area contributed by atoms with E-state index in [0.717, 1.165) is 31.4 Å². The Morgan fingerprint density at radius 2 is 1.90 bits per heavy atom. The molecule has 0 aliphatic rings. The van der Waals surface area contributed by atoms with Gasteiger partial charge in [-0.05, 0) is 49.9 Å². The highest BCUT2D eigenvalue weighted by molar-refractivity contribution is 5.28. The third kappa shape index (κ3) is 3.58. The zero-order valence-corrected chi connectivity index (χ0v) is 13.4. The lowest BCUT2D eigenvalue weighted by Gasteiger charge is -2.39. The molecule has 114 valence electrons. The van der Waals surface area contributed by atoms with Gasteiger partial charge in [0, 0.05) is 7.11 Å². The predicted molar refractivity (Wildman–Crippen MR) is 82.5 cm³/mol. The minimum Gasteiger partial charge on any atom is -0.376 e. The van der Waals surface area contributed by atoms with Crippen LogP contribution in [0.25, 0.3) is 0 Å². The largest absolute Gasteiger partial charge is 0.376 e. The van der Waals surface area contributed by atoms with E-state index in [1.54, 1.807) is 13.2 Å². The molecule has 3 heteroatoms. The van der Waals surface area contributed by atoms with E-state index in [4.69, 9.17) is 4.74 Å². The summed E-state index contributed by atoms with van der Waals surface area (Å²) in [5, 5.41) is 3.58. The Morgan fingerprint density at radius 1 is 1.25 bits per heavy atom. The molecule has 2 nitrogen and oxygen atoms in total. The molecule has 1 aromatic rings. The molecular weight excluding hydrogens is 253 g/mol. The number of methoxy groups -OCH3 is 1. The summed E-state index contributed by atoms with van der Waals surface area (Å²) >= 11 is 0. The van der Waals surface area contributed by atoms with Gasteiger partial charge < -0.3 is 10.1 Å². The van der Waals surface area contributed by atoms with Crippen LogP contribution in [0.5, 0.6) is 0 Å². The maximum Gasteiger partial charge on any atom is 0.126 e. The summed E-state index contributed by atoms with van der Waals surface area (Å²) in [6, 6.07) is 5.44. The first-order valence-corrected chi connectivity index (χ1v) is 7.59. The zero-order chi connectivity index (χ0) is 15.2. The maximum absolute atomic E-state index is 13.5. The number of hydrogen-bond donors (Lipinski definition) is 1. The van der Waals surface area contributed by atoms with Crippen molar-refractivity contribution in [2.24, 2.45) is 0 Å². The van der Waals surface area contributed by atoms with Crippen LogP contribution in [-0.2, 0) is 4.74 Å². The summed E-state index contributed by atoms with van der Waals surface area (Å²) in [7, 11) is 1.77. The van der Waals surface area contributed by atoms with Crippen LogP contribution in [0.3, 0.4) is 0 Å². The van der Waals surface area contributed by atoms with Crippen molar-refractivity contribution in [3.05, 3.63) is 35.1 Å². The van der Waals surface area contributed by atoms with Gasteiger partial charge >= 0.3 is 0 Å². The molecule has 1 rings (SSSR count). The number of nitrogens with one attached hydrogen (secondary N) is 1. The Hall–Kier alpha value is -0.930. The van der Waals surface area contributed by atoms with Crippen molar-refractivity contribution in [1.82, 2.24) is 5.32 Å². The van der Waals surface area contributed by atoms with Crippen LogP contribution >= 0.6 is 0 Å². The summed E-state index contributed by atoms with van der Waals surface area (Å²) in [4.78, 5) is 0. The van der Waals surface area contributed by atoms with Crippen LogP contribution in [0.2, 0.25) is 0 Å². The van der Waals surface area contributed by atoms with Crippen molar-refractivity contribution in [3.8, 4) is 0 Å². The van der Waals surface area contributed by atoms with E-state index in [0.29, 0.717) is 5.56 Å². The second-order valence-corrected chi connectivity index (χ2v) is 5.37. The molecule has 1 N–H and O–H groups in total. The van der Waals surface area contributed by atoms with E-state index >= 15 is 0 Å². The van der Waals surface area contributed by atoms with Gasteiger partial charge in [-0.3, -0.25) is 0 Å². The fourth-order valence-electron chi connectivity index (χ4n) is 2.81. The SMILES string of the molecule is CCCNC(c1ccc(F)c(C)c1)C(CC)(CC)OC. The van der Waals surface area contributed by atoms with Gasteiger partial charge in [-0.25, -0.2) is 4.39 Å². The molecule has 0 spiro atoms. The summed E-state index contributed by atoms with van der Waals surface area (Å²) in [6.45, 7) is 9.16. The average Bonchev–Trinajstić information content (AvgIpc) is 2.47. The molecule has 1 unspecified atom stereocenters. The second-order valence-electron chi connectivity index (χ2n) is 5.37. The fourth-order valence-corrected chi connectivity index (χ4v) is 2.81. The van der Waals surface area contributed by atoms with Crippen molar-refractivity contribution in [2.75, 3.05) is 13.7 Å². The lowest BCUT2D eigenvalue weighted by Crippen LogP contribution is -2.45. The molecule has 0 saturated carbocycles. The molecule has 0 bridgehead atoms. The average molecular weight is 281 g/mol. The number of rotatable bonds is 8. The number of benzene rings is 1. The highest BCUT2D eigenvalue weighted by Gasteiger charge is 2.36. The van der Waals surface area contributed by atoms with Crippen LogP contribution in [0.15, 0.2) is 18.2 Å². The van der Waals surface area contributed by atoms with Crippen LogP contribution in [0.4, 0.5) is 4.39 Å². The molecule has 0 aromatic heterocycles. The van der Waals surface area contributed by atoms with Crippen LogP contribution in [0.1, 0.15) is 57.2 Å². The van der Waals surface area contributed by atoms with Gasteiger partial charge in [0.05, 0.1) is 11.6 Å². The molecular formula is C17H28FNO. The first-order valence-electron chi connectivity index (χ1n) is 7.59. The summed E-state index contributed by atoms with van der Waals surface area (Å²) in [6.07, 6.45) is 2.89. The second kappa shape index (κ2) is 7.75. The fraction of sp³-hybridized carbons (Fsp3) is 0.647. The summed E-state index contributed by atoms with van der Waals surface area (Å²) < 4.78 is 19.4. The van der Waals surface area contributed by atoms with E-state index in [1.165, 1.54) is 0 Å². The molecule has 0 aliphatic heterocycles. The molecule has 0 fully saturated rings. The monoisotopic (exact) mass is 281 g/mol. The first kappa shape index (κ1) is 17.1. The lowest BCUT2D eigenvalue weighted by atomic mass is 9.83. The minimum absolute atomic E-state index is 0.0850. The Labute approximate surface area is 122 Å². The van der Waals surface area contributed by atoms with E-state index in [-0.39, 0.29) is 17.5 Å². The van der Waals surface area contributed by atoms with Crippen molar-refractivity contribution in [2.45, 2.75) is 58.6 Å². The highest BCUT2D eigenvalue weighted by Crippen LogP contribution is 2.35. The standard InChI is InChI=1S/C17H28FNO/c1-6-11-19-16(17(7-2,8-3)20-5)14-9-10-15(18)13(4)12-14/h9-10,12,16,19H,6-8,11H2,1-5H3. The van der Waals surface area contributed by atoms with Crippen LogP contribution in [-0.4, -0.2) is 19.3 Å². The quantitative estimate of drug-likeness (QED) is 0.763. The molecule has 1 atom stereocenters. The Kier molecular flexibility index (Phi) is 6.63. The van der Waals surface area contributed by atoms with E-state index < -0.39 is 0 Å². The van der Waals surface area contributed by atoms with E-state index in [9.17, 15) is 4.39 Å². The molecule has 0 amide bonds. The van der Waals surface area contributed by atoms with Crippen LogP contribution < -0.4 is 5.32 Å². The van der Waals surface area contributed by atoms with Gasteiger partial charge in [0.15, 0.2) is 0 Å². The van der Waals surface area contributed by atoms with E-state index in [1.807, 2.05) is 19.1 Å². The number of aryl methyl sites for hydroxylation is 1. The van der Waals surface area contributed by atoms with Crippen molar-refractivity contribution in [3.63, 3.8) is 0 Å². The molecule has 0 aliphatic carbocycles. The lowest BCUT2D eigenvalue weighted by molar-refractivity contribution is -0.0485. The Balaban J connectivity index is 3.19. The summed E-state index contributed by atoms with van der Waals surface area (Å²) in [5.41, 5.74) is 1.53. The van der Waals surface area contributed by atoms with Crippen molar-refractivity contribution in [1.29, 1.82) is 0 Å². The van der Waals surface area contributed by atoms with E-state index in [2.05, 4.69) is 26.1 Å². The minimum atomic E-state index is -0.251. The molecule has 0 saturated heterocycles. The van der Waals surface area contributed by atoms with Gasteiger partial charge in [-0.15, -0.1) is 0 Å². The van der Waals surface area contributed by atoms with Gasteiger partial charge in [0.1, 0.15) is 5.82 Å². The van der Waals surface area contributed by atoms with Gasteiger partial charge in [-0.1, -0.05) is 32.9 Å². The van der Waals surface area contributed by atoms with Crippen molar-refractivity contribution >= 4 is 0 Å². The molecule has 1 aromatic carbocycles. The molecule has 0 radical (unpaired) electrons. The zero-order valence-electron chi connectivity index (χ0n) is 13.4. The smallest absolute Gasteiger partial charge is 0.126 e. The van der Waals surface area contributed by atoms with Crippen LogP contribution in [0, 0.1) is 12.7 Å². The molecule has 0 heterocycles. The number of halogens is 1. The Bertz CT molecular complexity index is 407. The summed E-state index contributed by atoms with van der Waals surface area (Å²) in [5.74, 6) is -0.154. The van der Waals surface area contributed by atoms with Gasteiger partial charge in [0.25, 0.3) is 0 Å². The van der Waals surface area contributed by atoms with Gasteiger partial charge in [0.2, 0.25) is 0 Å². The van der Waals surface area contributed by atoms with Gasteiger partial charge in [-0.2, -0.15) is 0 Å². The molecule has 20 heavy (non-hydrogen) atoms. The van der Waals surface area contributed by atoms with Crippen molar-refractivity contribution < 1.29 is 9.13 Å². The Morgan fingerprint density at radius 3 is 2.35 bits per heavy atom. The first-order chi connectivity index (χ1) is 9.54. The third-order valence-electron chi connectivity index (χ3n) is 4.24. The number of hydrogen-bond acceptors (Lipinski definition) is 2. The topological polar surface area (TPSA) is 21.3 Å². The third-order valence-corrected chi connectivity index (χ3v) is 4.24. The highest BCUT2D eigenvalue weighted by atomic mass is 19.1. The number of ether oxygens (including phenoxy) is 1. The predicted octanol–water partition coefficient (Wildman–Crippen LogP) is 4.38. The maximum atomic E-state index is 13.5.